The van der Waals surface area contributed by atoms with Crippen LogP contribution < -0.4 is 9.47 Å². The van der Waals surface area contributed by atoms with Crippen LogP contribution in [-0.4, -0.2) is 6.61 Å². The number of hydrogen-bond acceptors (Lipinski definition) is 4. The second-order valence-corrected chi connectivity index (χ2v) is 4.61. The molecule has 3 nitrogen and oxygen atoms in total. The van der Waals surface area contributed by atoms with Gasteiger partial charge in [0.05, 0.1) is 18.2 Å². The number of rotatable bonds is 5. The largest absolute Gasteiger partial charge is 0.490 e. The van der Waals surface area contributed by atoms with Crippen molar-refractivity contribution in [2.75, 3.05) is 6.61 Å². The van der Waals surface area contributed by atoms with Crippen molar-refractivity contribution in [3.05, 3.63) is 46.2 Å². The summed E-state index contributed by atoms with van der Waals surface area (Å²) in [6, 6.07) is 11.3. The first kappa shape index (κ1) is 12.5. The van der Waals surface area contributed by atoms with Gasteiger partial charge in [-0.2, -0.15) is 5.26 Å². The first-order valence-corrected chi connectivity index (χ1v) is 6.53. The van der Waals surface area contributed by atoms with Crippen LogP contribution in [0, 0.1) is 11.3 Å². The van der Waals surface area contributed by atoms with E-state index in [4.69, 9.17) is 14.7 Å². The summed E-state index contributed by atoms with van der Waals surface area (Å²) in [5.41, 5.74) is 0.571. The zero-order valence-electron chi connectivity index (χ0n) is 10.1. The predicted octanol–water partition coefficient (Wildman–Crippen LogP) is 3.60. The topological polar surface area (TPSA) is 42.2 Å². The van der Waals surface area contributed by atoms with Crippen molar-refractivity contribution in [2.24, 2.45) is 0 Å². The SMILES string of the molecule is CCOc1cc(C#N)ccc1OCc1cccs1. The summed E-state index contributed by atoms with van der Waals surface area (Å²) in [7, 11) is 0. The van der Waals surface area contributed by atoms with Crippen LogP contribution in [-0.2, 0) is 6.61 Å². The lowest BCUT2D eigenvalue weighted by molar-refractivity contribution is 0.271. The lowest BCUT2D eigenvalue weighted by Gasteiger charge is -2.11. The predicted molar refractivity (Wildman–Crippen MR) is 71.0 cm³/mol. The number of thiophene rings is 1. The minimum atomic E-state index is 0.518. The van der Waals surface area contributed by atoms with Crippen LogP contribution in [0.4, 0.5) is 0 Å². The van der Waals surface area contributed by atoms with E-state index in [1.54, 1.807) is 29.5 Å². The van der Waals surface area contributed by atoms with Crippen molar-refractivity contribution in [3.8, 4) is 17.6 Å². The van der Waals surface area contributed by atoms with Crippen molar-refractivity contribution in [2.45, 2.75) is 13.5 Å². The molecule has 18 heavy (non-hydrogen) atoms. The molecule has 0 radical (unpaired) electrons. The first-order chi connectivity index (χ1) is 8.83. The van der Waals surface area contributed by atoms with E-state index >= 15 is 0 Å². The van der Waals surface area contributed by atoms with Gasteiger partial charge in [-0.15, -0.1) is 11.3 Å². The van der Waals surface area contributed by atoms with Gasteiger partial charge < -0.3 is 9.47 Å². The van der Waals surface area contributed by atoms with Crippen LogP contribution in [0.15, 0.2) is 35.7 Å². The summed E-state index contributed by atoms with van der Waals surface area (Å²) < 4.78 is 11.2. The molecule has 1 aromatic heterocycles. The molecule has 0 aliphatic carbocycles. The molecule has 0 spiro atoms. The molecule has 0 atom stereocenters. The van der Waals surface area contributed by atoms with E-state index in [0.29, 0.717) is 30.3 Å². The van der Waals surface area contributed by atoms with Gasteiger partial charge in [-0.1, -0.05) is 6.07 Å². The monoisotopic (exact) mass is 259 g/mol. The van der Waals surface area contributed by atoms with Gasteiger partial charge in [0.1, 0.15) is 6.61 Å². The Kier molecular flexibility index (Phi) is 4.21. The van der Waals surface area contributed by atoms with Crippen molar-refractivity contribution in [1.82, 2.24) is 0 Å². The highest BCUT2D eigenvalue weighted by Crippen LogP contribution is 2.29. The van der Waals surface area contributed by atoms with Gasteiger partial charge in [0, 0.05) is 10.9 Å². The summed E-state index contributed by atoms with van der Waals surface area (Å²) in [4.78, 5) is 1.15. The van der Waals surface area contributed by atoms with Crippen molar-refractivity contribution in [3.63, 3.8) is 0 Å². The molecule has 0 N–H and O–H groups in total. The average Bonchev–Trinajstić information content (AvgIpc) is 2.90. The van der Waals surface area contributed by atoms with E-state index in [1.807, 2.05) is 24.4 Å². The molecule has 1 aromatic carbocycles. The molecule has 4 heteroatoms. The van der Waals surface area contributed by atoms with E-state index in [1.165, 1.54) is 0 Å². The Morgan fingerprint density at radius 2 is 2.11 bits per heavy atom. The summed E-state index contributed by atoms with van der Waals surface area (Å²) in [5, 5.41) is 10.9. The van der Waals surface area contributed by atoms with E-state index in [9.17, 15) is 0 Å². The Bertz CT molecular complexity index is 543. The molecule has 92 valence electrons. The maximum absolute atomic E-state index is 8.86. The fraction of sp³-hybridized carbons (Fsp3) is 0.214. The van der Waals surface area contributed by atoms with Crippen LogP contribution in [0.5, 0.6) is 11.5 Å². The molecular weight excluding hydrogens is 246 g/mol. The van der Waals surface area contributed by atoms with Gasteiger partial charge in [0.2, 0.25) is 0 Å². The molecule has 0 bridgehead atoms. The van der Waals surface area contributed by atoms with Gasteiger partial charge in [-0.3, -0.25) is 0 Å². The highest BCUT2D eigenvalue weighted by atomic mass is 32.1. The molecule has 1 heterocycles. The maximum atomic E-state index is 8.86. The number of nitriles is 1. The lowest BCUT2D eigenvalue weighted by atomic mass is 10.2. The summed E-state index contributed by atoms with van der Waals surface area (Å²) in [6.07, 6.45) is 0. The van der Waals surface area contributed by atoms with Crippen LogP contribution in [0.3, 0.4) is 0 Å². The Balaban J connectivity index is 2.13. The van der Waals surface area contributed by atoms with Crippen LogP contribution in [0.25, 0.3) is 0 Å². The van der Waals surface area contributed by atoms with E-state index in [-0.39, 0.29) is 0 Å². The quantitative estimate of drug-likeness (QED) is 0.824. The Hall–Kier alpha value is -1.99. The first-order valence-electron chi connectivity index (χ1n) is 5.65. The minimum Gasteiger partial charge on any atom is -0.490 e. The Morgan fingerprint density at radius 3 is 2.78 bits per heavy atom. The van der Waals surface area contributed by atoms with Crippen molar-refractivity contribution >= 4 is 11.3 Å². The van der Waals surface area contributed by atoms with Gasteiger partial charge in [0.15, 0.2) is 11.5 Å². The standard InChI is InChI=1S/C14H13NO2S/c1-2-16-14-8-11(9-15)5-6-13(14)17-10-12-4-3-7-18-12/h3-8H,2,10H2,1H3. The van der Waals surface area contributed by atoms with Gasteiger partial charge in [0.25, 0.3) is 0 Å². The lowest BCUT2D eigenvalue weighted by Crippen LogP contribution is -1.99. The molecule has 0 aliphatic heterocycles. The van der Waals surface area contributed by atoms with Crippen LogP contribution >= 0.6 is 11.3 Å². The van der Waals surface area contributed by atoms with Crippen LogP contribution in [0.1, 0.15) is 17.4 Å². The molecule has 0 unspecified atom stereocenters. The number of hydrogen-bond donors (Lipinski definition) is 0. The van der Waals surface area contributed by atoms with E-state index < -0.39 is 0 Å². The van der Waals surface area contributed by atoms with Gasteiger partial charge >= 0.3 is 0 Å². The summed E-state index contributed by atoms with van der Waals surface area (Å²) >= 11 is 1.65. The zero-order chi connectivity index (χ0) is 12.8. The molecule has 0 saturated carbocycles. The normalized spacial score (nSPS) is 9.78. The molecule has 0 saturated heterocycles. The fourth-order valence-corrected chi connectivity index (χ4v) is 2.12. The average molecular weight is 259 g/mol. The van der Waals surface area contributed by atoms with Crippen molar-refractivity contribution < 1.29 is 9.47 Å². The molecule has 0 aliphatic rings. The highest BCUT2D eigenvalue weighted by molar-refractivity contribution is 7.09. The number of nitrogens with zero attached hydrogens (tertiary/aromatic N) is 1. The summed E-state index contributed by atoms with van der Waals surface area (Å²) in [6.45, 7) is 2.97. The van der Waals surface area contributed by atoms with E-state index in [0.717, 1.165) is 4.88 Å². The second kappa shape index (κ2) is 6.08. The van der Waals surface area contributed by atoms with Gasteiger partial charge in [-0.05, 0) is 30.5 Å². The smallest absolute Gasteiger partial charge is 0.162 e. The zero-order valence-corrected chi connectivity index (χ0v) is 10.9. The summed E-state index contributed by atoms with van der Waals surface area (Å²) in [5.74, 6) is 1.29. The Morgan fingerprint density at radius 1 is 1.22 bits per heavy atom. The molecular formula is C14H13NO2S. The van der Waals surface area contributed by atoms with Crippen LogP contribution in [0.2, 0.25) is 0 Å². The third-order valence-corrected chi connectivity index (χ3v) is 3.17. The van der Waals surface area contributed by atoms with Gasteiger partial charge in [-0.25, -0.2) is 0 Å². The fourth-order valence-electron chi connectivity index (χ4n) is 1.51. The third-order valence-electron chi connectivity index (χ3n) is 2.32. The molecule has 0 amide bonds. The molecule has 0 fully saturated rings. The molecule has 2 aromatic rings. The number of benzene rings is 1. The third kappa shape index (κ3) is 3.02. The number of ether oxygens (including phenoxy) is 2. The van der Waals surface area contributed by atoms with Crippen molar-refractivity contribution in [1.29, 1.82) is 5.26 Å². The maximum Gasteiger partial charge on any atom is 0.162 e. The Labute approximate surface area is 110 Å². The van der Waals surface area contributed by atoms with E-state index in [2.05, 4.69) is 6.07 Å². The highest BCUT2D eigenvalue weighted by Gasteiger charge is 2.07. The second-order valence-electron chi connectivity index (χ2n) is 3.57. The minimum absolute atomic E-state index is 0.518. The molecule has 2 rings (SSSR count).